The van der Waals surface area contributed by atoms with Crippen LogP contribution in [0, 0.1) is 0 Å². The van der Waals surface area contributed by atoms with Crippen molar-refractivity contribution in [3.05, 3.63) is 35.9 Å². The maximum absolute atomic E-state index is 11.6. The molecule has 1 fully saturated rings. The number of hydrogen-bond acceptors (Lipinski definition) is 2. The van der Waals surface area contributed by atoms with Crippen molar-refractivity contribution in [2.45, 2.75) is 45.1 Å². The van der Waals surface area contributed by atoms with Crippen LogP contribution in [0.15, 0.2) is 35.3 Å². The van der Waals surface area contributed by atoms with Crippen LogP contribution in [0.4, 0.5) is 0 Å². The molecule has 0 radical (unpaired) electrons. The van der Waals surface area contributed by atoms with E-state index in [2.05, 4.69) is 52.1 Å². The van der Waals surface area contributed by atoms with Crippen molar-refractivity contribution in [1.29, 1.82) is 0 Å². The van der Waals surface area contributed by atoms with E-state index < -0.39 is 0 Å². The predicted octanol–water partition coefficient (Wildman–Crippen LogP) is 2.46. The molecule has 1 aliphatic rings. The Morgan fingerprint density at radius 1 is 1.21 bits per heavy atom. The van der Waals surface area contributed by atoms with E-state index in [9.17, 15) is 4.79 Å². The van der Waals surface area contributed by atoms with Crippen LogP contribution in [-0.2, 0) is 11.2 Å². The molecule has 0 bridgehead atoms. The third-order valence-corrected chi connectivity index (χ3v) is 3.67. The Hall–Kier alpha value is -1.31. The Bertz CT molecular complexity index is 503. The molecule has 3 N–H and O–H groups in total. The molecule has 1 aliphatic carbocycles. The van der Waals surface area contributed by atoms with Crippen LogP contribution >= 0.6 is 24.0 Å². The van der Waals surface area contributed by atoms with Gasteiger partial charge in [0.1, 0.15) is 0 Å². The summed E-state index contributed by atoms with van der Waals surface area (Å²) in [5.41, 5.74) is 1.31. The molecule has 134 valence electrons. The number of hydrogen-bond donors (Lipinski definition) is 3. The fraction of sp³-hybridized carbons (Fsp3) is 0.556. The van der Waals surface area contributed by atoms with Crippen molar-refractivity contribution >= 4 is 35.8 Å². The molecule has 1 amide bonds. The number of benzene rings is 1. The van der Waals surface area contributed by atoms with Gasteiger partial charge >= 0.3 is 0 Å². The van der Waals surface area contributed by atoms with Crippen molar-refractivity contribution in [3.63, 3.8) is 0 Å². The van der Waals surface area contributed by atoms with Crippen molar-refractivity contribution < 1.29 is 4.79 Å². The molecule has 0 heterocycles. The lowest BCUT2D eigenvalue weighted by molar-refractivity contribution is -0.121. The van der Waals surface area contributed by atoms with Gasteiger partial charge in [-0.3, -0.25) is 9.79 Å². The number of halogens is 1. The molecule has 0 spiro atoms. The number of carbonyl (C=O) groups excluding carboxylic acids is 1. The quantitative estimate of drug-likeness (QED) is 0.237. The van der Waals surface area contributed by atoms with Gasteiger partial charge in [0.2, 0.25) is 5.91 Å². The van der Waals surface area contributed by atoms with E-state index in [1.165, 1.54) is 5.56 Å². The fourth-order valence-corrected chi connectivity index (χ4v) is 2.27. The summed E-state index contributed by atoms with van der Waals surface area (Å²) in [5.74, 6) is 0.982. The molecule has 1 aromatic carbocycles. The third-order valence-electron chi connectivity index (χ3n) is 3.67. The van der Waals surface area contributed by atoms with Crippen molar-refractivity contribution in [3.8, 4) is 0 Å². The maximum atomic E-state index is 11.6. The molecular weight excluding hydrogens is 415 g/mol. The number of guanidine groups is 1. The van der Waals surface area contributed by atoms with E-state index in [1.54, 1.807) is 0 Å². The number of carbonyl (C=O) groups is 1. The third kappa shape index (κ3) is 9.10. The monoisotopic (exact) mass is 444 g/mol. The van der Waals surface area contributed by atoms with E-state index in [-0.39, 0.29) is 29.9 Å². The number of aliphatic imine (C=N–C) groups is 1. The van der Waals surface area contributed by atoms with Gasteiger partial charge in [-0.25, -0.2) is 0 Å². The first-order chi connectivity index (χ1) is 11.3. The SMILES string of the molecule is CCNC(=NCCCC(=O)NC1CC1)NCCc1ccccc1.I. The summed E-state index contributed by atoms with van der Waals surface area (Å²) in [6.07, 6.45) is 4.59. The summed E-state index contributed by atoms with van der Waals surface area (Å²) in [5, 5.41) is 9.58. The van der Waals surface area contributed by atoms with Gasteiger partial charge in [-0.1, -0.05) is 30.3 Å². The van der Waals surface area contributed by atoms with Gasteiger partial charge in [0.25, 0.3) is 0 Å². The Morgan fingerprint density at radius 2 is 1.96 bits per heavy atom. The van der Waals surface area contributed by atoms with E-state index in [0.29, 0.717) is 19.0 Å². The van der Waals surface area contributed by atoms with Crippen molar-refractivity contribution in [1.82, 2.24) is 16.0 Å². The summed E-state index contributed by atoms with van der Waals surface area (Å²) in [4.78, 5) is 16.1. The highest BCUT2D eigenvalue weighted by atomic mass is 127. The van der Waals surface area contributed by atoms with Gasteiger partial charge in [0, 0.05) is 32.1 Å². The maximum Gasteiger partial charge on any atom is 0.220 e. The molecule has 0 aliphatic heterocycles. The van der Waals surface area contributed by atoms with Crippen LogP contribution in [0.3, 0.4) is 0 Å². The molecule has 5 nitrogen and oxygen atoms in total. The lowest BCUT2D eigenvalue weighted by Crippen LogP contribution is -2.38. The van der Waals surface area contributed by atoms with E-state index in [4.69, 9.17) is 0 Å². The molecule has 1 aromatic rings. The zero-order valence-electron chi connectivity index (χ0n) is 14.4. The molecule has 6 heteroatoms. The molecule has 0 saturated heterocycles. The lowest BCUT2D eigenvalue weighted by atomic mass is 10.1. The number of amides is 1. The zero-order valence-corrected chi connectivity index (χ0v) is 16.7. The standard InChI is InChI=1S/C18H28N4O.HI/c1-2-19-18(21-14-12-15-7-4-3-5-8-15)20-13-6-9-17(23)22-16-10-11-16;/h3-5,7-8,16H,2,6,9-14H2,1H3,(H,22,23)(H2,19,20,21);1H. The number of nitrogens with zero attached hydrogens (tertiary/aromatic N) is 1. The minimum absolute atomic E-state index is 0. The summed E-state index contributed by atoms with van der Waals surface area (Å²) in [6.45, 7) is 4.40. The summed E-state index contributed by atoms with van der Waals surface area (Å²) in [7, 11) is 0. The summed E-state index contributed by atoms with van der Waals surface area (Å²) in [6, 6.07) is 10.8. The van der Waals surface area contributed by atoms with E-state index >= 15 is 0 Å². The normalized spacial score (nSPS) is 13.8. The van der Waals surface area contributed by atoms with Gasteiger partial charge in [-0.05, 0) is 38.2 Å². The van der Waals surface area contributed by atoms with Gasteiger partial charge in [-0.2, -0.15) is 0 Å². The van der Waals surface area contributed by atoms with Crippen LogP contribution in [0.5, 0.6) is 0 Å². The highest BCUT2D eigenvalue weighted by Gasteiger charge is 2.22. The molecule has 0 aromatic heterocycles. The van der Waals surface area contributed by atoms with Gasteiger partial charge in [0.05, 0.1) is 0 Å². The molecule has 2 rings (SSSR count). The second kappa shape index (κ2) is 12.1. The predicted molar refractivity (Wildman–Crippen MR) is 110 cm³/mol. The average Bonchev–Trinajstić information content (AvgIpc) is 3.36. The molecule has 0 unspecified atom stereocenters. The molecule has 0 atom stereocenters. The highest BCUT2D eigenvalue weighted by molar-refractivity contribution is 14.0. The first kappa shape index (κ1) is 20.7. The fourth-order valence-electron chi connectivity index (χ4n) is 2.27. The second-order valence-corrected chi connectivity index (χ2v) is 5.87. The number of rotatable bonds is 9. The first-order valence-corrected chi connectivity index (χ1v) is 8.63. The topological polar surface area (TPSA) is 65.5 Å². The Labute approximate surface area is 162 Å². The average molecular weight is 444 g/mol. The van der Waals surface area contributed by atoms with E-state index in [0.717, 1.165) is 44.7 Å². The minimum Gasteiger partial charge on any atom is -0.357 e. The first-order valence-electron chi connectivity index (χ1n) is 8.63. The zero-order chi connectivity index (χ0) is 16.3. The van der Waals surface area contributed by atoms with Crippen LogP contribution in [-0.4, -0.2) is 37.5 Å². The molecular formula is C18H29IN4O. The minimum atomic E-state index is 0. The van der Waals surface area contributed by atoms with Crippen LogP contribution in [0.2, 0.25) is 0 Å². The Kier molecular flexibility index (Phi) is 10.5. The Balaban J connectivity index is 0.00000288. The van der Waals surface area contributed by atoms with Gasteiger partial charge in [-0.15, -0.1) is 24.0 Å². The lowest BCUT2D eigenvalue weighted by Gasteiger charge is -2.11. The molecule has 24 heavy (non-hydrogen) atoms. The van der Waals surface area contributed by atoms with Crippen molar-refractivity contribution in [2.24, 2.45) is 4.99 Å². The summed E-state index contributed by atoms with van der Waals surface area (Å²) >= 11 is 0. The second-order valence-electron chi connectivity index (χ2n) is 5.87. The summed E-state index contributed by atoms with van der Waals surface area (Å²) < 4.78 is 0. The smallest absolute Gasteiger partial charge is 0.220 e. The van der Waals surface area contributed by atoms with Gasteiger partial charge in [0.15, 0.2) is 5.96 Å². The van der Waals surface area contributed by atoms with Crippen molar-refractivity contribution in [2.75, 3.05) is 19.6 Å². The van der Waals surface area contributed by atoms with Crippen LogP contribution < -0.4 is 16.0 Å². The number of nitrogens with one attached hydrogen (secondary N) is 3. The highest BCUT2D eigenvalue weighted by Crippen LogP contribution is 2.18. The van der Waals surface area contributed by atoms with Gasteiger partial charge < -0.3 is 16.0 Å². The van der Waals surface area contributed by atoms with E-state index in [1.807, 2.05) is 6.07 Å². The van der Waals surface area contributed by atoms with Crippen LogP contribution in [0.1, 0.15) is 38.2 Å². The Morgan fingerprint density at radius 3 is 2.62 bits per heavy atom. The molecule has 1 saturated carbocycles. The largest absolute Gasteiger partial charge is 0.357 e. The van der Waals surface area contributed by atoms with Crippen LogP contribution in [0.25, 0.3) is 0 Å².